The second kappa shape index (κ2) is 4.18. The van der Waals surface area contributed by atoms with Crippen LogP contribution in [0, 0.1) is 6.92 Å². The van der Waals surface area contributed by atoms with E-state index < -0.39 is 0 Å². The third-order valence-corrected chi connectivity index (χ3v) is 2.25. The average Bonchev–Trinajstić information content (AvgIpc) is 2.63. The molecule has 0 aromatic carbocycles. The summed E-state index contributed by atoms with van der Waals surface area (Å²) in [6.45, 7) is 2.83. The van der Waals surface area contributed by atoms with Gasteiger partial charge in [0.25, 0.3) is 0 Å². The Labute approximate surface area is 88.2 Å². The van der Waals surface area contributed by atoms with Crippen LogP contribution in [0.5, 0.6) is 0 Å². The molecular weight excluding hydrogens is 190 g/mol. The summed E-state index contributed by atoms with van der Waals surface area (Å²) in [6.07, 6.45) is 6.86. The van der Waals surface area contributed by atoms with Crippen LogP contribution in [-0.2, 0) is 6.54 Å². The highest BCUT2D eigenvalue weighted by atomic mass is 15.3. The molecule has 0 aliphatic rings. The van der Waals surface area contributed by atoms with E-state index in [-0.39, 0.29) is 0 Å². The summed E-state index contributed by atoms with van der Waals surface area (Å²) in [4.78, 5) is 8.22. The number of hydrogen-bond acceptors (Lipinski definition) is 4. The van der Waals surface area contributed by atoms with Gasteiger partial charge in [0.15, 0.2) is 5.82 Å². The highest BCUT2D eigenvalue weighted by Crippen LogP contribution is 2.10. The quantitative estimate of drug-likeness (QED) is 0.797. The Hall–Kier alpha value is -1.75. The van der Waals surface area contributed by atoms with Crippen molar-refractivity contribution in [3.63, 3.8) is 0 Å². The topological polar surface area (TPSA) is 55.6 Å². The lowest BCUT2D eigenvalue weighted by atomic mass is 10.2. The molecule has 0 amide bonds. The third kappa shape index (κ3) is 1.87. The van der Waals surface area contributed by atoms with Crippen molar-refractivity contribution in [2.24, 2.45) is 0 Å². The minimum atomic E-state index is 0.748. The van der Waals surface area contributed by atoms with Crippen molar-refractivity contribution in [3.8, 4) is 5.82 Å². The van der Waals surface area contributed by atoms with E-state index in [1.54, 1.807) is 23.3 Å². The number of nitrogens with one attached hydrogen (secondary N) is 1. The molecule has 2 heterocycles. The molecule has 2 aromatic rings. The van der Waals surface area contributed by atoms with E-state index in [0.717, 1.165) is 18.1 Å². The maximum Gasteiger partial charge on any atom is 0.172 e. The Kier molecular flexibility index (Phi) is 2.73. The lowest BCUT2D eigenvalue weighted by Crippen LogP contribution is -2.07. The van der Waals surface area contributed by atoms with Crippen LogP contribution in [0.2, 0.25) is 0 Å². The van der Waals surface area contributed by atoms with Gasteiger partial charge in [-0.25, -0.2) is 9.67 Å². The Morgan fingerprint density at radius 1 is 1.33 bits per heavy atom. The monoisotopic (exact) mass is 203 g/mol. The van der Waals surface area contributed by atoms with E-state index in [0.29, 0.717) is 0 Å². The molecule has 5 nitrogen and oxygen atoms in total. The van der Waals surface area contributed by atoms with Gasteiger partial charge in [-0.15, -0.1) is 0 Å². The Bertz CT molecular complexity index is 434. The molecule has 1 N–H and O–H groups in total. The molecule has 78 valence electrons. The van der Waals surface area contributed by atoms with Gasteiger partial charge in [0, 0.05) is 30.2 Å². The number of hydrogen-bond donors (Lipinski definition) is 1. The van der Waals surface area contributed by atoms with Crippen molar-refractivity contribution in [3.05, 3.63) is 36.0 Å². The van der Waals surface area contributed by atoms with Crippen LogP contribution in [0.15, 0.2) is 24.8 Å². The van der Waals surface area contributed by atoms with Crippen LogP contribution in [-0.4, -0.2) is 26.8 Å². The highest BCUT2D eigenvalue weighted by molar-refractivity contribution is 5.25. The lowest BCUT2D eigenvalue weighted by molar-refractivity contribution is 0.788. The summed E-state index contributed by atoms with van der Waals surface area (Å²) in [5.41, 5.74) is 2.26. The summed E-state index contributed by atoms with van der Waals surface area (Å²) < 4.78 is 1.79. The SMILES string of the molecule is CNCc1cnn(-c2cnccn2)c1C. The summed E-state index contributed by atoms with van der Waals surface area (Å²) in [7, 11) is 1.92. The molecule has 0 atom stereocenters. The molecule has 0 unspecified atom stereocenters. The van der Waals surface area contributed by atoms with E-state index in [1.165, 1.54) is 5.56 Å². The first-order valence-corrected chi connectivity index (χ1v) is 4.77. The first kappa shape index (κ1) is 9.79. The molecule has 0 spiro atoms. The van der Waals surface area contributed by atoms with E-state index in [4.69, 9.17) is 0 Å². The van der Waals surface area contributed by atoms with Crippen molar-refractivity contribution in [1.29, 1.82) is 0 Å². The van der Waals surface area contributed by atoms with E-state index in [9.17, 15) is 0 Å². The van der Waals surface area contributed by atoms with Gasteiger partial charge >= 0.3 is 0 Å². The zero-order valence-corrected chi connectivity index (χ0v) is 8.81. The van der Waals surface area contributed by atoms with Gasteiger partial charge in [0.1, 0.15) is 0 Å². The van der Waals surface area contributed by atoms with E-state index in [1.807, 2.05) is 20.2 Å². The molecule has 2 aromatic heterocycles. The smallest absolute Gasteiger partial charge is 0.172 e. The van der Waals surface area contributed by atoms with Gasteiger partial charge in [0.2, 0.25) is 0 Å². The van der Waals surface area contributed by atoms with E-state index in [2.05, 4.69) is 20.4 Å². The predicted molar refractivity (Wildman–Crippen MR) is 56.7 cm³/mol. The number of nitrogens with zero attached hydrogens (tertiary/aromatic N) is 4. The minimum absolute atomic E-state index is 0.748. The minimum Gasteiger partial charge on any atom is -0.316 e. The molecule has 0 aliphatic carbocycles. The van der Waals surface area contributed by atoms with Crippen LogP contribution >= 0.6 is 0 Å². The molecule has 0 saturated heterocycles. The fourth-order valence-corrected chi connectivity index (χ4v) is 1.44. The Balaban J connectivity index is 2.38. The average molecular weight is 203 g/mol. The summed E-state index contributed by atoms with van der Waals surface area (Å²) in [6, 6.07) is 0. The predicted octanol–water partition coefficient (Wildman–Crippen LogP) is 0.690. The first-order valence-electron chi connectivity index (χ1n) is 4.77. The molecule has 0 radical (unpaired) electrons. The lowest BCUT2D eigenvalue weighted by Gasteiger charge is -2.03. The van der Waals surface area contributed by atoms with Crippen LogP contribution in [0.4, 0.5) is 0 Å². The van der Waals surface area contributed by atoms with Crippen molar-refractivity contribution in [2.75, 3.05) is 7.05 Å². The molecule has 0 aliphatic heterocycles. The molecule has 2 rings (SSSR count). The normalized spacial score (nSPS) is 10.5. The molecule has 0 bridgehead atoms. The Morgan fingerprint density at radius 3 is 2.87 bits per heavy atom. The van der Waals surface area contributed by atoms with Gasteiger partial charge < -0.3 is 5.32 Å². The molecule has 15 heavy (non-hydrogen) atoms. The maximum atomic E-state index is 4.28. The van der Waals surface area contributed by atoms with Gasteiger partial charge in [0.05, 0.1) is 12.4 Å². The zero-order valence-electron chi connectivity index (χ0n) is 8.81. The fourth-order valence-electron chi connectivity index (χ4n) is 1.44. The maximum absolute atomic E-state index is 4.28. The van der Waals surface area contributed by atoms with Crippen LogP contribution in [0.1, 0.15) is 11.3 Å². The van der Waals surface area contributed by atoms with Gasteiger partial charge in [-0.1, -0.05) is 0 Å². The van der Waals surface area contributed by atoms with Gasteiger partial charge in [-0.2, -0.15) is 5.10 Å². The fraction of sp³-hybridized carbons (Fsp3) is 0.300. The second-order valence-corrected chi connectivity index (χ2v) is 3.26. The van der Waals surface area contributed by atoms with E-state index >= 15 is 0 Å². The molecule has 0 saturated carbocycles. The standard InChI is InChI=1S/C10H13N5/c1-8-9(5-11-2)6-14-15(8)10-7-12-3-4-13-10/h3-4,6-7,11H,5H2,1-2H3. The zero-order chi connectivity index (χ0) is 10.7. The van der Waals surface area contributed by atoms with Crippen molar-refractivity contribution in [1.82, 2.24) is 25.1 Å². The van der Waals surface area contributed by atoms with Crippen LogP contribution in [0.3, 0.4) is 0 Å². The second-order valence-electron chi connectivity index (χ2n) is 3.26. The summed E-state index contributed by atoms with van der Waals surface area (Å²) >= 11 is 0. The van der Waals surface area contributed by atoms with Gasteiger partial charge in [-0.05, 0) is 14.0 Å². The highest BCUT2D eigenvalue weighted by Gasteiger charge is 2.07. The van der Waals surface area contributed by atoms with Crippen molar-refractivity contribution < 1.29 is 0 Å². The largest absolute Gasteiger partial charge is 0.316 e. The van der Waals surface area contributed by atoms with Crippen molar-refractivity contribution >= 4 is 0 Å². The number of rotatable bonds is 3. The summed E-state index contributed by atoms with van der Waals surface area (Å²) in [5, 5.41) is 7.38. The number of aromatic nitrogens is 4. The molecular formula is C10H13N5. The Morgan fingerprint density at radius 2 is 2.20 bits per heavy atom. The van der Waals surface area contributed by atoms with Crippen LogP contribution in [0.25, 0.3) is 5.82 Å². The summed E-state index contributed by atoms with van der Waals surface area (Å²) in [5.74, 6) is 0.748. The third-order valence-electron chi connectivity index (χ3n) is 2.25. The molecule has 0 fully saturated rings. The van der Waals surface area contributed by atoms with Crippen molar-refractivity contribution in [2.45, 2.75) is 13.5 Å². The van der Waals surface area contributed by atoms with Crippen LogP contribution < -0.4 is 5.32 Å². The first-order chi connectivity index (χ1) is 7.33. The molecule has 5 heteroatoms. The van der Waals surface area contributed by atoms with Gasteiger partial charge in [-0.3, -0.25) is 4.98 Å².